The lowest BCUT2D eigenvalue weighted by Gasteiger charge is -2.10. The summed E-state index contributed by atoms with van der Waals surface area (Å²) in [5.74, 6) is 1.35. The van der Waals surface area contributed by atoms with Crippen LogP contribution < -0.4 is 0 Å². The van der Waals surface area contributed by atoms with E-state index >= 15 is 0 Å². The molecule has 2 heterocycles. The summed E-state index contributed by atoms with van der Waals surface area (Å²) in [6.45, 7) is 12.8. The maximum absolute atomic E-state index is 5.45. The summed E-state index contributed by atoms with van der Waals surface area (Å²) in [5, 5.41) is 0. The van der Waals surface area contributed by atoms with Crippen LogP contribution in [0.25, 0.3) is 0 Å². The molecule has 4 heteroatoms. The highest BCUT2D eigenvalue weighted by molar-refractivity contribution is 5.64. The van der Waals surface area contributed by atoms with Crippen LogP contribution in [-0.4, -0.2) is 37.1 Å². The Morgan fingerprint density at radius 3 is 1.35 bits per heavy atom. The third-order valence-electron chi connectivity index (χ3n) is 3.01. The number of hydrogen-bond donors (Lipinski definition) is 0. The molecule has 0 radical (unpaired) electrons. The molecule has 0 bridgehead atoms. The first-order valence-electron chi connectivity index (χ1n) is 7.74. The molecule has 0 aromatic heterocycles. The van der Waals surface area contributed by atoms with Crippen LogP contribution in [0.4, 0.5) is 0 Å². The van der Waals surface area contributed by atoms with Crippen LogP contribution in [-0.2, 0) is 9.47 Å². The quantitative estimate of drug-likeness (QED) is 0.789. The molecule has 0 saturated heterocycles. The van der Waals surface area contributed by atoms with Crippen LogP contribution in [0.1, 0.15) is 54.4 Å². The SMILES string of the molecule is CC(C)CC1N=CC(C)O1.CC(C)CC1N=CC(C)O1. The summed E-state index contributed by atoms with van der Waals surface area (Å²) in [6.07, 6.45) is 6.57. The highest BCUT2D eigenvalue weighted by Gasteiger charge is 2.17. The van der Waals surface area contributed by atoms with Crippen molar-refractivity contribution in [3.05, 3.63) is 0 Å². The Kier molecular flexibility index (Phi) is 7.38. The Morgan fingerprint density at radius 2 is 1.15 bits per heavy atom. The predicted molar refractivity (Wildman–Crippen MR) is 84.6 cm³/mol. The van der Waals surface area contributed by atoms with E-state index in [0.29, 0.717) is 11.8 Å². The van der Waals surface area contributed by atoms with Crippen LogP contribution in [0, 0.1) is 11.8 Å². The predicted octanol–water partition coefficient (Wildman–Crippen LogP) is 3.70. The standard InChI is InChI=1S/2C8H15NO/c2*1-6(2)4-8-9-5-7(3)10-8/h2*5-8H,4H2,1-3H3. The van der Waals surface area contributed by atoms with Crippen LogP contribution in [0.5, 0.6) is 0 Å². The average Bonchev–Trinajstić information content (AvgIpc) is 2.87. The minimum absolute atomic E-state index is 0.134. The molecule has 0 aliphatic carbocycles. The van der Waals surface area contributed by atoms with Gasteiger partial charge in [0.25, 0.3) is 0 Å². The van der Waals surface area contributed by atoms with Gasteiger partial charge in [0, 0.05) is 12.4 Å². The molecule has 0 saturated carbocycles. The van der Waals surface area contributed by atoms with Gasteiger partial charge in [-0.3, -0.25) is 9.98 Å². The second-order valence-corrected chi connectivity index (χ2v) is 6.45. The molecule has 20 heavy (non-hydrogen) atoms. The molecule has 116 valence electrons. The van der Waals surface area contributed by atoms with E-state index in [0.717, 1.165) is 12.8 Å². The normalized spacial score (nSPS) is 32.0. The van der Waals surface area contributed by atoms with Crippen molar-refractivity contribution in [3.63, 3.8) is 0 Å². The topological polar surface area (TPSA) is 43.2 Å². The van der Waals surface area contributed by atoms with Gasteiger partial charge in [-0.2, -0.15) is 0 Å². The van der Waals surface area contributed by atoms with Crippen LogP contribution in [0.2, 0.25) is 0 Å². The van der Waals surface area contributed by atoms with Crippen molar-refractivity contribution in [2.24, 2.45) is 21.8 Å². The summed E-state index contributed by atoms with van der Waals surface area (Å²) < 4.78 is 10.9. The summed E-state index contributed by atoms with van der Waals surface area (Å²) in [5.41, 5.74) is 0. The third kappa shape index (κ3) is 7.15. The summed E-state index contributed by atoms with van der Waals surface area (Å²) in [6, 6.07) is 0. The molecule has 2 aliphatic heterocycles. The lowest BCUT2D eigenvalue weighted by molar-refractivity contribution is 0.0471. The molecule has 0 aromatic rings. The Morgan fingerprint density at radius 1 is 0.800 bits per heavy atom. The van der Waals surface area contributed by atoms with E-state index in [1.54, 1.807) is 0 Å². The van der Waals surface area contributed by atoms with E-state index in [2.05, 4.69) is 37.7 Å². The fourth-order valence-electron chi connectivity index (χ4n) is 2.11. The Hall–Kier alpha value is -0.740. The molecule has 2 rings (SSSR count). The second kappa shape index (κ2) is 8.53. The molecular formula is C16H30N2O2. The molecule has 4 unspecified atom stereocenters. The number of ether oxygens (including phenoxy) is 2. The zero-order chi connectivity index (χ0) is 15.1. The summed E-state index contributed by atoms with van der Waals surface area (Å²) >= 11 is 0. The molecular weight excluding hydrogens is 252 g/mol. The lowest BCUT2D eigenvalue weighted by atomic mass is 10.1. The van der Waals surface area contributed by atoms with Crippen molar-refractivity contribution >= 4 is 12.4 Å². The van der Waals surface area contributed by atoms with Crippen LogP contribution in [0.15, 0.2) is 9.98 Å². The van der Waals surface area contributed by atoms with E-state index in [9.17, 15) is 0 Å². The minimum atomic E-state index is 0.134. The summed E-state index contributed by atoms with van der Waals surface area (Å²) in [4.78, 5) is 8.42. The van der Waals surface area contributed by atoms with Gasteiger partial charge < -0.3 is 9.47 Å². The van der Waals surface area contributed by atoms with Crippen molar-refractivity contribution in [2.45, 2.75) is 79.0 Å². The number of rotatable bonds is 4. The number of nitrogens with zero attached hydrogens (tertiary/aromatic N) is 2. The molecule has 4 nitrogen and oxygen atoms in total. The van der Waals surface area contributed by atoms with Gasteiger partial charge in [-0.15, -0.1) is 0 Å². The first-order chi connectivity index (χ1) is 9.36. The van der Waals surface area contributed by atoms with E-state index in [-0.39, 0.29) is 24.7 Å². The zero-order valence-corrected chi connectivity index (χ0v) is 13.7. The molecule has 2 aliphatic rings. The molecule has 0 N–H and O–H groups in total. The highest BCUT2D eigenvalue weighted by Crippen LogP contribution is 2.15. The molecule has 0 spiro atoms. The van der Waals surface area contributed by atoms with Crippen molar-refractivity contribution in [1.82, 2.24) is 0 Å². The monoisotopic (exact) mass is 282 g/mol. The maximum atomic E-state index is 5.45. The van der Waals surface area contributed by atoms with E-state index in [1.165, 1.54) is 0 Å². The van der Waals surface area contributed by atoms with Gasteiger partial charge in [0.05, 0.1) is 12.2 Å². The lowest BCUT2D eigenvalue weighted by Crippen LogP contribution is -2.12. The van der Waals surface area contributed by atoms with E-state index in [4.69, 9.17) is 9.47 Å². The van der Waals surface area contributed by atoms with E-state index < -0.39 is 0 Å². The maximum Gasteiger partial charge on any atom is 0.149 e. The Balaban J connectivity index is 0.000000200. The van der Waals surface area contributed by atoms with Gasteiger partial charge in [-0.1, -0.05) is 27.7 Å². The third-order valence-corrected chi connectivity index (χ3v) is 3.01. The van der Waals surface area contributed by atoms with Crippen LogP contribution >= 0.6 is 0 Å². The Bertz CT molecular complexity index is 294. The minimum Gasteiger partial charge on any atom is -0.348 e. The van der Waals surface area contributed by atoms with Crippen molar-refractivity contribution in [2.75, 3.05) is 0 Å². The average molecular weight is 282 g/mol. The fraction of sp³-hybridized carbons (Fsp3) is 0.875. The zero-order valence-electron chi connectivity index (χ0n) is 13.7. The van der Waals surface area contributed by atoms with Gasteiger partial charge >= 0.3 is 0 Å². The van der Waals surface area contributed by atoms with Crippen molar-refractivity contribution < 1.29 is 9.47 Å². The molecule has 0 aromatic carbocycles. The largest absolute Gasteiger partial charge is 0.348 e. The summed E-state index contributed by atoms with van der Waals surface area (Å²) in [7, 11) is 0. The van der Waals surface area contributed by atoms with Gasteiger partial charge in [0.1, 0.15) is 12.5 Å². The first kappa shape index (κ1) is 17.3. The number of hydrogen-bond acceptors (Lipinski definition) is 4. The molecule has 4 atom stereocenters. The molecule has 0 fully saturated rings. The van der Waals surface area contributed by atoms with Crippen LogP contribution in [0.3, 0.4) is 0 Å². The Labute approximate surface area is 123 Å². The number of aliphatic imine (C=N–C) groups is 2. The fourth-order valence-corrected chi connectivity index (χ4v) is 2.11. The first-order valence-corrected chi connectivity index (χ1v) is 7.74. The van der Waals surface area contributed by atoms with Gasteiger partial charge in [-0.25, -0.2) is 0 Å². The smallest absolute Gasteiger partial charge is 0.149 e. The highest BCUT2D eigenvalue weighted by atomic mass is 16.5. The van der Waals surface area contributed by atoms with E-state index in [1.807, 2.05) is 26.3 Å². The van der Waals surface area contributed by atoms with Gasteiger partial charge in [-0.05, 0) is 38.5 Å². The van der Waals surface area contributed by atoms with Crippen molar-refractivity contribution in [3.8, 4) is 0 Å². The van der Waals surface area contributed by atoms with Gasteiger partial charge in [0.2, 0.25) is 0 Å². The molecule has 0 amide bonds. The van der Waals surface area contributed by atoms with Crippen molar-refractivity contribution in [1.29, 1.82) is 0 Å². The van der Waals surface area contributed by atoms with Gasteiger partial charge in [0.15, 0.2) is 0 Å². The second-order valence-electron chi connectivity index (χ2n) is 6.45.